The maximum Gasteiger partial charge on any atom is 0.224 e. The van der Waals surface area contributed by atoms with Gasteiger partial charge in [0.25, 0.3) is 0 Å². The first kappa shape index (κ1) is 15.5. The fraction of sp³-hybridized carbons (Fsp3) is 0.190. The summed E-state index contributed by atoms with van der Waals surface area (Å²) in [6.45, 7) is 2.74. The lowest BCUT2D eigenvalue weighted by Gasteiger charge is -2.05. The number of aromatic nitrogens is 2. The van der Waals surface area contributed by atoms with E-state index in [1.54, 1.807) is 0 Å². The molecule has 0 saturated carbocycles. The molecule has 0 atom stereocenters. The predicted octanol–water partition coefficient (Wildman–Crippen LogP) is 3.86. The quantitative estimate of drug-likeness (QED) is 0.511. The molecule has 3 N–H and O–H groups in total. The minimum absolute atomic E-state index is 0.0563. The fourth-order valence-corrected chi connectivity index (χ4v) is 3.35. The Morgan fingerprint density at radius 2 is 1.72 bits per heavy atom. The van der Waals surface area contributed by atoms with Crippen molar-refractivity contribution in [1.29, 1.82) is 0 Å². The van der Waals surface area contributed by atoms with E-state index in [9.17, 15) is 4.79 Å². The number of aromatic amines is 2. The van der Waals surface area contributed by atoms with E-state index in [-0.39, 0.29) is 5.91 Å². The number of hydrogen-bond acceptors (Lipinski definition) is 1. The van der Waals surface area contributed by atoms with E-state index in [1.807, 2.05) is 36.7 Å². The lowest BCUT2D eigenvalue weighted by atomic mass is 10.1. The Hall–Kier alpha value is -3.01. The van der Waals surface area contributed by atoms with Crippen molar-refractivity contribution in [3.05, 3.63) is 71.5 Å². The van der Waals surface area contributed by atoms with Crippen molar-refractivity contribution in [3.63, 3.8) is 0 Å². The van der Waals surface area contributed by atoms with Gasteiger partial charge < -0.3 is 15.3 Å². The lowest BCUT2D eigenvalue weighted by Crippen LogP contribution is -2.27. The summed E-state index contributed by atoms with van der Waals surface area (Å²) in [7, 11) is 0. The van der Waals surface area contributed by atoms with Crippen LogP contribution in [0.15, 0.2) is 54.9 Å². The van der Waals surface area contributed by atoms with E-state index in [0.29, 0.717) is 13.0 Å². The van der Waals surface area contributed by atoms with Gasteiger partial charge in [-0.2, -0.15) is 0 Å². The summed E-state index contributed by atoms with van der Waals surface area (Å²) >= 11 is 0. The van der Waals surface area contributed by atoms with Gasteiger partial charge in [-0.3, -0.25) is 4.79 Å². The Labute approximate surface area is 146 Å². The average Bonchev–Trinajstić information content (AvgIpc) is 3.20. The van der Waals surface area contributed by atoms with Gasteiger partial charge in [0.1, 0.15) is 0 Å². The predicted molar refractivity (Wildman–Crippen MR) is 102 cm³/mol. The first-order valence-corrected chi connectivity index (χ1v) is 8.59. The standard InChI is InChI=1S/C21H21N3O/c1-14-6-7-20-18(10-14)15(12-23-20)8-9-22-21(25)11-16-13-24-19-5-3-2-4-17(16)19/h2-7,10,12-13,23-24H,8-9,11H2,1H3,(H,22,25). The number of benzene rings is 2. The second kappa shape index (κ2) is 6.48. The van der Waals surface area contributed by atoms with Gasteiger partial charge >= 0.3 is 0 Å². The van der Waals surface area contributed by atoms with Gasteiger partial charge in [-0.25, -0.2) is 0 Å². The molecule has 2 heterocycles. The van der Waals surface area contributed by atoms with Gasteiger partial charge in [-0.15, -0.1) is 0 Å². The van der Waals surface area contributed by atoms with Crippen molar-refractivity contribution in [2.45, 2.75) is 19.8 Å². The van der Waals surface area contributed by atoms with Crippen LogP contribution in [0.3, 0.4) is 0 Å². The van der Waals surface area contributed by atoms with Gasteiger partial charge in [-0.1, -0.05) is 29.8 Å². The second-order valence-corrected chi connectivity index (χ2v) is 6.50. The van der Waals surface area contributed by atoms with E-state index < -0.39 is 0 Å². The summed E-state index contributed by atoms with van der Waals surface area (Å²) in [6.07, 6.45) is 5.18. The molecule has 126 valence electrons. The van der Waals surface area contributed by atoms with Crippen molar-refractivity contribution in [2.75, 3.05) is 6.54 Å². The number of hydrogen-bond donors (Lipinski definition) is 3. The normalized spacial score (nSPS) is 11.2. The Morgan fingerprint density at radius 1 is 0.960 bits per heavy atom. The molecule has 0 aliphatic heterocycles. The summed E-state index contributed by atoms with van der Waals surface area (Å²) in [5.41, 5.74) is 5.74. The van der Waals surface area contributed by atoms with Crippen LogP contribution in [0.1, 0.15) is 16.7 Å². The highest BCUT2D eigenvalue weighted by atomic mass is 16.1. The molecular weight excluding hydrogens is 310 g/mol. The second-order valence-electron chi connectivity index (χ2n) is 6.50. The van der Waals surface area contributed by atoms with Crippen LogP contribution in [-0.4, -0.2) is 22.4 Å². The molecule has 1 amide bonds. The molecule has 0 saturated heterocycles. The molecule has 2 aromatic carbocycles. The average molecular weight is 331 g/mol. The highest BCUT2D eigenvalue weighted by Gasteiger charge is 2.09. The number of fused-ring (bicyclic) bond motifs is 2. The number of amides is 1. The first-order chi connectivity index (χ1) is 12.2. The number of H-pyrrole nitrogens is 2. The minimum Gasteiger partial charge on any atom is -0.361 e. The third-order valence-electron chi connectivity index (χ3n) is 4.67. The molecule has 25 heavy (non-hydrogen) atoms. The van der Waals surface area contributed by atoms with Crippen molar-refractivity contribution < 1.29 is 4.79 Å². The summed E-state index contributed by atoms with van der Waals surface area (Å²) in [4.78, 5) is 18.8. The van der Waals surface area contributed by atoms with Gasteiger partial charge in [0.15, 0.2) is 0 Å². The number of para-hydroxylation sites is 1. The Bertz CT molecular complexity index is 1040. The molecule has 4 aromatic rings. The van der Waals surface area contributed by atoms with Crippen molar-refractivity contribution in [1.82, 2.24) is 15.3 Å². The summed E-state index contributed by atoms with van der Waals surface area (Å²) in [5.74, 6) is 0.0563. The number of carbonyl (C=O) groups excluding carboxylic acids is 1. The molecule has 0 radical (unpaired) electrons. The summed E-state index contributed by atoms with van der Waals surface area (Å²) < 4.78 is 0. The number of carbonyl (C=O) groups is 1. The Kier molecular flexibility index (Phi) is 4.02. The van der Waals surface area contributed by atoms with E-state index >= 15 is 0 Å². The molecule has 0 aliphatic rings. The van der Waals surface area contributed by atoms with Gasteiger partial charge in [0.05, 0.1) is 6.42 Å². The van der Waals surface area contributed by atoms with Gasteiger partial charge in [-0.05, 0) is 42.7 Å². The molecule has 4 rings (SSSR count). The van der Waals surface area contributed by atoms with Gasteiger partial charge in [0, 0.05) is 40.7 Å². The Balaban J connectivity index is 1.38. The minimum atomic E-state index is 0.0563. The van der Waals surface area contributed by atoms with Crippen LogP contribution in [0.25, 0.3) is 21.8 Å². The molecular formula is C21H21N3O. The fourth-order valence-electron chi connectivity index (χ4n) is 3.35. The van der Waals surface area contributed by atoms with Crippen LogP contribution in [-0.2, 0) is 17.6 Å². The number of aryl methyl sites for hydroxylation is 1. The molecule has 4 nitrogen and oxygen atoms in total. The first-order valence-electron chi connectivity index (χ1n) is 8.59. The molecule has 0 aliphatic carbocycles. The highest BCUT2D eigenvalue weighted by Crippen LogP contribution is 2.20. The van der Waals surface area contributed by atoms with E-state index in [1.165, 1.54) is 16.5 Å². The SMILES string of the molecule is Cc1ccc2[nH]cc(CCNC(=O)Cc3c[nH]c4ccccc34)c2c1. The van der Waals surface area contributed by atoms with Gasteiger partial charge in [0.2, 0.25) is 5.91 Å². The van der Waals surface area contributed by atoms with Crippen LogP contribution >= 0.6 is 0 Å². The zero-order chi connectivity index (χ0) is 17.2. The van der Waals surface area contributed by atoms with E-state index in [2.05, 4.69) is 40.4 Å². The van der Waals surface area contributed by atoms with E-state index in [4.69, 9.17) is 0 Å². The van der Waals surface area contributed by atoms with Crippen LogP contribution in [0, 0.1) is 6.92 Å². The smallest absolute Gasteiger partial charge is 0.224 e. The van der Waals surface area contributed by atoms with Crippen molar-refractivity contribution in [2.24, 2.45) is 0 Å². The van der Waals surface area contributed by atoms with Crippen LogP contribution in [0.4, 0.5) is 0 Å². The molecule has 0 unspecified atom stereocenters. The highest BCUT2D eigenvalue weighted by molar-refractivity contribution is 5.89. The topological polar surface area (TPSA) is 60.7 Å². The summed E-state index contributed by atoms with van der Waals surface area (Å²) in [6, 6.07) is 14.4. The maximum atomic E-state index is 12.3. The van der Waals surface area contributed by atoms with E-state index in [0.717, 1.165) is 28.4 Å². The molecule has 0 spiro atoms. The molecule has 4 heteroatoms. The maximum absolute atomic E-state index is 12.3. The molecule has 2 aromatic heterocycles. The lowest BCUT2D eigenvalue weighted by molar-refractivity contribution is -0.120. The largest absolute Gasteiger partial charge is 0.361 e. The monoisotopic (exact) mass is 331 g/mol. The summed E-state index contributed by atoms with van der Waals surface area (Å²) in [5, 5.41) is 5.39. The van der Waals surface area contributed by atoms with Crippen molar-refractivity contribution in [3.8, 4) is 0 Å². The zero-order valence-corrected chi connectivity index (χ0v) is 14.2. The van der Waals surface area contributed by atoms with Crippen molar-refractivity contribution >= 4 is 27.7 Å². The third-order valence-corrected chi connectivity index (χ3v) is 4.67. The van der Waals surface area contributed by atoms with Crippen LogP contribution in [0.2, 0.25) is 0 Å². The van der Waals surface area contributed by atoms with Crippen LogP contribution < -0.4 is 5.32 Å². The third kappa shape index (κ3) is 3.15. The van der Waals surface area contributed by atoms with Crippen LogP contribution in [0.5, 0.6) is 0 Å². The zero-order valence-electron chi connectivity index (χ0n) is 14.2. The molecule has 0 fully saturated rings. The Morgan fingerprint density at radius 3 is 2.60 bits per heavy atom. The number of nitrogens with one attached hydrogen (secondary N) is 3. The number of rotatable bonds is 5. The molecule has 0 bridgehead atoms.